The van der Waals surface area contributed by atoms with Crippen LogP contribution in [0.25, 0.3) is 10.9 Å². The van der Waals surface area contributed by atoms with E-state index in [1.54, 1.807) is 4.90 Å². The first-order chi connectivity index (χ1) is 12.1. The number of hydrogen-bond donors (Lipinski definition) is 1. The van der Waals surface area contributed by atoms with Crippen molar-refractivity contribution in [2.24, 2.45) is 0 Å². The third-order valence-electron chi connectivity index (χ3n) is 4.70. The minimum Gasteiger partial charge on any atom is -0.367 e. The van der Waals surface area contributed by atoms with E-state index in [0.29, 0.717) is 26.2 Å². The zero-order chi connectivity index (χ0) is 17.4. The molecule has 1 saturated carbocycles. The molecule has 0 radical (unpaired) electrons. The Bertz CT molecular complexity index is 829. The number of halogens is 1. The Morgan fingerprint density at radius 2 is 1.88 bits per heavy atom. The summed E-state index contributed by atoms with van der Waals surface area (Å²) in [6.07, 6.45) is 3.78. The SMILES string of the molecule is O=C(NC1CC1)C(=O)N1CCN(c2ccnc3cc(Br)ccc23)CC1. The molecule has 130 valence electrons. The van der Waals surface area contributed by atoms with Gasteiger partial charge in [-0.15, -0.1) is 0 Å². The van der Waals surface area contributed by atoms with Gasteiger partial charge < -0.3 is 15.1 Å². The number of amides is 2. The summed E-state index contributed by atoms with van der Waals surface area (Å²) in [4.78, 5) is 32.5. The van der Waals surface area contributed by atoms with Crippen molar-refractivity contribution in [1.29, 1.82) is 0 Å². The molecule has 1 saturated heterocycles. The minimum absolute atomic E-state index is 0.209. The van der Waals surface area contributed by atoms with Crippen molar-refractivity contribution in [3.8, 4) is 0 Å². The van der Waals surface area contributed by atoms with Crippen LogP contribution in [0.5, 0.6) is 0 Å². The fraction of sp³-hybridized carbons (Fsp3) is 0.389. The van der Waals surface area contributed by atoms with Gasteiger partial charge in [-0.05, 0) is 37.1 Å². The van der Waals surface area contributed by atoms with Crippen LogP contribution < -0.4 is 10.2 Å². The van der Waals surface area contributed by atoms with Crippen LogP contribution in [-0.2, 0) is 9.59 Å². The first kappa shape index (κ1) is 16.3. The first-order valence-corrected chi connectivity index (χ1v) is 9.30. The maximum atomic E-state index is 12.2. The van der Waals surface area contributed by atoms with Crippen LogP contribution in [0.15, 0.2) is 34.9 Å². The first-order valence-electron chi connectivity index (χ1n) is 8.51. The lowest BCUT2D eigenvalue weighted by atomic mass is 10.1. The molecule has 2 aliphatic rings. The second kappa shape index (κ2) is 6.63. The van der Waals surface area contributed by atoms with E-state index in [9.17, 15) is 9.59 Å². The Kier molecular flexibility index (Phi) is 4.33. The highest BCUT2D eigenvalue weighted by Gasteiger charge is 2.30. The molecule has 0 unspecified atom stereocenters. The maximum Gasteiger partial charge on any atom is 0.312 e. The van der Waals surface area contributed by atoms with Crippen molar-refractivity contribution in [2.45, 2.75) is 18.9 Å². The van der Waals surface area contributed by atoms with E-state index in [0.717, 1.165) is 33.9 Å². The van der Waals surface area contributed by atoms with Crippen LogP contribution in [0, 0.1) is 0 Å². The summed E-state index contributed by atoms with van der Waals surface area (Å²) in [5.74, 6) is -0.870. The Morgan fingerprint density at radius 3 is 2.60 bits per heavy atom. The number of anilines is 1. The molecule has 1 aromatic carbocycles. The van der Waals surface area contributed by atoms with Crippen LogP contribution >= 0.6 is 15.9 Å². The van der Waals surface area contributed by atoms with Crippen LogP contribution in [0.4, 0.5) is 5.69 Å². The van der Waals surface area contributed by atoms with E-state index in [-0.39, 0.29) is 6.04 Å². The Morgan fingerprint density at radius 1 is 1.12 bits per heavy atom. The van der Waals surface area contributed by atoms with Gasteiger partial charge >= 0.3 is 11.8 Å². The van der Waals surface area contributed by atoms with Gasteiger partial charge in [0.15, 0.2) is 0 Å². The van der Waals surface area contributed by atoms with E-state index in [1.165, 1.54) is 0 Å². The highest BCUT2D eigenvalue weighted by atomic mass is 79.9. The average Bonchev–Trinajstić information content (AvgIpc) is 3.44. The average molecular weight is 403 g/mol. The lowest BCUT2D eigenvalue weighted by Gasteiger charge is -2.36. The van der Waals surface area contributed by atoms with Crippen molar-refractivity contribution in [3.05, 3.63) is 34.9 Å². The molecule has 2 aromatic rings. The van der Waals surface area contributed by atoms with Gasteiger partial charge in [-0.25, -0.2) is 0 Å². The van der Waals surface area contributed by atoms with Crippen LogP contribution in [0.3, 0.4) is 0 Å². The fourth-order valence-electron chi connectivity index (χ4n) is 3.15. The molecule has 4 rings (SSSR count). The summed E-state index contributed by atoms with van der Waals surface area (Å²) in [6, 6.07) is 8.28. The molecule has 2 heterocycles. The van der Waals surface area contributed by atoms with Gasteiger partial charge in [0.2, 0.25) is 0 Å². The molecule has 0 atom stereocenters. The lowest BCUT2D eigenvalue weighted by molar-refractivity contribution is -0.146. The van der Waals surface area contributed by atoms with E-state index in [1.807, 2.05) is 24.4 Å². The number of pyridine rings is 1. The van der Waals surface area contributed by atoms with Crippen LogP contribution in [0.2, 0.25) is 0 Å². The molecule has 1 aromatic heterocycles. The normalized spacial score (nSPS) is 17.6. The van der Waals surface area contributed by atoms with E-state index in [4.69, 9.17) is 0 Å². The number of piperazine rings is 1. The fourth-order valence-corrected chi connectivity index (χ4v) is 3.50. The molecule has 25 heavy (non-hydrogen) atoms. The van der Waals surface area contributed by atoms with Crippen molar-refractivity contribution < 1.29 is 9.59 Å². The molecule has 0 spiro atoms. The topological polar surface area (TPSA) is 65.5 Å². The second-order valence-electron chi connectivity index (χ2n) is 6.52. The smallest absolute Gasteiger partial charge is 0.312 e. The predicted octanol–water partition coefficient (Wildman–Crippen LogP) is 1.92. The molecule has 1 aliphatic carbocycles. The molecule has 6 nitrogen and oxygen atoms in total. The molecule has 2 fully saturated rings. The molecular formula is C18H19BrN4O2. The number of nitrogens with one attached hydrogen (secondary N) is 1. The van der Waals surface area contributed by atoms with Gasteiger partial charge in [-0.3, -0.25) is 14.6 Å². The molecule has 1 N–H and O–H groups in total. The largest absolute Gasteiger partial charge is 0.367 e. The summed E-state index contributed by atoms with van der Waals surface area (Å²) in [5.41, 5.74) is 2.06. The monoisotopic (exact) mass is 402 g/mol. The molecular weight excluding hydrogens is 384 g/mol. The maximum absolute atomic E-state index is 12.2. The number of benzene rings is 1. The van der Waals surface area contributed by atoms with Crippen LogP contribution in [-0.4, -0.2) is 53.9 Å². The zero-order valence-electron chi connectivity index (χ0n) is 13.7. The highest BCUT2D eigenvalue weighted by Crippen LogP contribution is 2.28. The molecule has 7 heteroatoms. The predicted molar refractivity (Wildman–Crippen MR) is 99.4 cm³/mol. The van der Waals surface area contributed by atoms with Crippen LogP contribution in [0.1, 0.15) is 12.8 Å². The van der Waals surface area contributed by atoms with Gasteiger partial charge in [-0.2, -0.15) is 0 Å². The summed E-state index contributed by atoms with van der Waals surface area (Å²) in [6.45, 7) is 2.52. The standard InChI is InChI=1S/C18H19BrN4O2/c19-12-1-4-14-15(11-12)20-6-5-16(14)22-7-9-23(10-8-22)18(25)17(24)21-13-2-3-13/h1,4-6,11,13H,2-3,7-10H2,(H,21,24). The van der Waals surface area contributed by atoms with Crippen molar-refractivity contribution >= 4 is 44.3 Å². The molecule has 0 bridgehead atoms. The van der Waals surface area contributed by atoms with Gasteiger partial charge in [0, 0.05) is 54.0 Å². The minimum atomic E-state index is -0.463. The van der Waals surface area contributed by atoms with Gasteiger partial charge in [0.05, 0.1) is 5.52 Å². The number of fused-ring (bicyclic) bond motifs is 1. The van der Waals surface area contributed by atoms with Gasteiger partial charge in [0.25, 0.3) is 0 Å². The number of rotatable bonds is 2. The third kappa shape index (κ3) is 3.46. The van der Waals surface area contributed by atoms with Crippen molar-refractivity contribution in [3.63, 3.8) is 0 Å². The summed E-state index contributed by atoms with van der Waals surface area (Å²) in [7, 11) is 0. The number of nitrogens with zero attached hydrogens (tertiary/aromatic N) is 3. The second-order valence-corrected chi connectivity index (χ2v) is 7.43. The van der Waals surface area contributed by atoms with Crippen molar-refractivity contribution in [2.75, 3.05) is 31.1 Å². The molecule has 1 aliphatic heterocycles. The Labute approximate surface area is 154 Å². The quantitative estimate of drug-likeness (QED) is 0.779. The van der Waals surface area contributed by atoms with Gasteiger partial charge in [0.1, 0.15) is 0 Å². The number of carbonyl (C=O) groups is 2. The van der Waals surface area contributed by atoms with Gasteiger partial charge in [-0.1, -0.05) is 15.9 Å². The zero-order valence-corrected chi connectivity index (χ0v) is 15.3. The number of carbonyl (C=O) groups excluding carboxylic acids is 2. The van der Waals surface area contributed by atoms with E-state index in [2.05, 4.69) is 37.2 Å². The number of hydrogen-bond acceptors (Lipinski definition) is 4. The van der Waals surface area contributed by atoms with E-state index < -0.39 is 11.8 Å². The summed E-state index contributed by atoms with van der Waals surface area (Å²) in [5, 5.41) is 3.86. The third-order valence-corrected chi connectivity index (χ3v) is 5.19. The summed E-state index contributed by atoms with van der Waals surface area (Å²) >= 11 is 3.48. The molecule has 2 amide bonds. The highest BCUT2D eigenvalue weighted by molar-refractivity contribution is 9.10. The summed E-state index contributed by atoms with van der Waals surface area (Å²) < 4.78 is 1.00. The number of aromatic nitrogens is 1. The van der Waals surface area contributed by atoms with Crippen molar-refractivity contribution in [1.82, 2.24) is 15.2 Å². The Hall–Kier alpha value is -2.15. The van der Waals surface area contributed by atoms with E-state index >= 15 is 0 Å². The lowest BCUT2D eigenvalue weighted by Crippen LogP contribution is -2.53. The Balaban J connectivity index is 1.45.